The summed E-state index contributed by atoms with van der Waals surface area (Å²) in [5.74, 6) is -0.623. The molecular weight excluding hydrogens is 595 g/mol. The van der Waals surface area contributed by atoms with E-state index in [1.807, 2.05) is 0 Å². The van der Waals surface area contributed by atoms with Gasteiger partial charge in [-0.05, 0) is 80.1 Å². The number of carbonyl (C=O) groups is 1. The van der Waals surface area contributed by atoms with Crippen molar-refractivity contribution in [1.82, 2.24) is 29.5 Å². The molecular formula is C30H34F3N7O3S. The maximum atomic E-state index is 13.4. The van der Waals surface area contributed by atoms with Gasteiger partial charge < -0.3 is 11.1 Å². The summed E-state index contributed by atoms with van der Waals surface area (Å²) >= 11 is 0. The number of hydrogen-bond donors (Lipinski definition) is 2. The fourth-order valence-corrected chi connectivity index (χ4v) is 7.75. The summed E-state index contributed by atoms with van der Waals surface area (Å²) in [5, 5.41) is 11.0. The smallest absolute Gasteiger partial charge is 0.329 e. The highest BCUT2D eigenvalue weighted by Crippen LogP contribution is 2.33. The zero-order valence-corrected chi connectivity index (χ0v) is 24.8. The molecule has 1 saturated heterocycles. The highest BCUT2D eigenvalue weighted by Gasteiger charge is 2.38. The van der Waals surface area contributed by atoms with Crippen molar-refractivity contribution in [2.75, 3.05) is 13.1 Å². The predicted molar refractivity (Wildman–Crippen MR) is 155 cm³/mol. The van der Waals surface area contributed by atoms with Gasteiger partial charge in [0.05, 0.1) is 28.4 Å². The normalized spacial score (nSPS) is 22.0. The minimum Gasteiger partial charge on any atom is -0.329 e. The number of halogens is 3. The quantitative estimate of drug-likeness (QED) is 0.409. The van der Waals surface area contributed by atoms with Crippen LogP contribution in [-0.2, 0) is 40.3 Å². The zero-order chi connectivity index (χ0) is 31.1. The Morgan fingerprint density at radius 1 is 1.07 bits per heavy atom. The molecule has 234 valence electrons. The summed E-state index contributed by atoms with van der Waals surface area (Å²) in [7, 11) is -4.50. The van der Waals surface area contributed by atoms with E-state index in [1.165, 1.54) is 17.5 Å². The van der Waals surface area contributed by atoms with Gasteiger partial charge >= 0.3 is 6.18 Å². The van der Waals surface area contributed by atoms with E-state index in [4.69, 9.17) is 5.73 Å². The van der Waals surface area contributed by atoms with Gasteiger partial charge in [-0.15, -0.1) is 5.10 Å². The van der Waals surface area contributed by atoms with Crippen molar-refractivity contribution in [1.29, 1.82) is 0 Å². The maximum Gasteiger partial charge on any atom is 0.416 e. The van der Waals surface area contributed by atoms with Crippen LogP contribution in [0.15, 0.2) is 66.0 Å². The number of fused-ring (bicyclic) bond motifs is 1. The van der Waals surface area contributed by atoms with Gasteiger partial charge in [0.2, 0.25) is 5.91 Å². The number of aromatic nitrogens is 3. The van der Waals surface area contributed by atoms with E-state index in [-0.39, 0.29) is 18.6 Å². The Morgan fingerprint density at radius 2 is 1.86 bits per heavy atom. The molecule has 1 fully saturated rings. The van der Waals surface area contributed by atoms with Crippen molar-refractivity contribution < 1.29 is 26.4 Å². The molecule has 0 spiro atoms. The lowest BCUT2D eigenvalue weighted by atomic mass is 9.86. The Morgan fingerprint density at radius 3 is 2.64 bits per heavy atom. The first-order valence-electron chi connectivity index (χ1n) is 14.7. The second-order valence-corrected chi connectivity index (χ2v) is 13.4. The van der Waals surface area contributed by atoms with Gasteiger partial charge in [-0.2, -0.15) is 13.2 Å². The van der Waals surface area contributed by atoms with E-state index >= 15 is 0 Å². The first kappa shape index (κ1) is 30.3. The average molecular weight is 630 g/mol. The molecule has 2 aliphatic heterocycles. The Bertz CT molecular complexity index is 1670. The lowest BCUT2D eigenvalue weighted by molar-refractivity contribution is -0.137. The van der Waals surface area contributed by atoms with E-state index in [2.05, 4.69) is 38.7 Å². The molecule has 3 atom stereocenters. The van der Waals surface area contributed by atoms with Gasteiger partial charge in [-0.1, -0.05) is 35.9 Å². The fraction of sp³-hybridized carbons (Fsp3) is 0.433. The largest absolute Gasteiger partial charge is 0.416 e. The molecule has 1 aliphatic carbocycles. The van der Waals surface area contributed by atoms with E-state index in [0.29, 0.717) is 11.8 Å². The molecule has 2 aromatic carbocycles. The standard InChI is InChI=1S/C30H34F3N7O3S/c31-30(32,33)23-5-4-6-26(17-23)44(42,43)40-14-11-35-29(41)27(40)18-24-19-39(37-36-24)25-10-9-20-7-8-21(15-22(20)16-25)28(34)38-12-2-1-3-13-38/h4-8,11,14-15,17,19,25,27-28H,1-3,9-10,12-13,16,18,34H2,(H,35,41). The van der Waals surface area contributed by atoms with Gasteiger partial charge in [0.15, 0.2) is 0 Å². The molecule has 14 heteroatoms. The van der Waals surface area contributed by atoms with Crippen molar-refractivity contribution in [2.45, 2.75) is 74.3 Å². The molecule has 10 nitrogen and oxygen atoms in total. The van der Waals surface area contributed by atoms with Gasteiger partial charge in [0.1, 0.15) is 6.04 Å². The van der Waals surface area contributed by atoms with Crippen molar-refractivity contribution in [2.24, 2.45) is 5.73 Å². The number of nitrogens with one attached hydrogen (secondary N) is 1. The average Bonchev–Trinajstić information content (AvgIpc) is 3.50. The van der Waals surface area contributed by atoms with Gasteiger partial charge in [0, 0.05) is 25.0 Å². The van der Waals surface area contributed by atoms with Crippen LogP contribution in [0, 0.1) is 0 Å². The molecule has 3 heterocycles. The third kappa shape index (κ3) is 6.10. The summed E-state index contributed by atoms with van der Waals surface area (Å²) in [5.41, 5.74) is 9.48. The summed E-state index contributed by atoms with van der Waals surface area (Å²) in [6.45, 7) is 1.99. The number of nitrogens with zero attached hydrogens (tertiary/aromatic N) is 5. The van der Waals surface area contributed by atoms with Gasteiger partial charge in [0.25, 0.3) is 10.0 Å². The number of hydrogen-bond acceptors (Lipinski definition) is 7. The third-order valence-electron chi connectivity index (χ3n) is 8.69. The van der Waals surface area contributed by atoms with E-state index in [1.54, 1.807) is 10.9 Å². The monoisotopic (exact) mass is 629 g/mol. The highest BCUT2D eigenvalue weighted by atomic mass is 32.2. The maximum absolute atomic E-state index is 13.4. The van der Waals surface area contributed by atoms with Crippen LogP contribution >= 0.6 is 0 Å². The minimum absolute atomic E-state index is 0.00948. The second-order valence-electron chi connectivity index (χ2n) is 11.6. The number of amides is 1. The lowest BCUT2D eigenvalue weighted by Crippen LogP contribution is -2.50. The number of aryl methyl sites for hydroxylation is 1. The molecule has 6 rings (SSSR count). The first-order valence-corrected chi connectivity index (χ1v) is 16.1. The molecule has 0 saturated carbocycles. The summed E-state index contributed by atoms with van der Waals surface area (Å²) in [6, 6.07) is 8.66. The number of piperidine rings is 1. The van der Waals surface area contributed by atoms with Crippen LogP contribution in [0.25, 0.3) is 0 Å². The third-order valence-corrected chi connectivity index (χ3v) is 10.5. The lowest BCUT2D eigenvalue weighted by Gasteiger charge is -2.33. The Labute approximate surface area is 253 Å². The van der Waals surface area contributed by atoms with E-state index < -0.39 is 38.6 Å². The summed E-state index contributed by atoms with van der Waals surface area (Å²) in [6.07, 6.45) is 4.95. The molecule has 3 aliphatic rings. The number of benzene rings is 2. The topological polar surface area (TPSA) is 126 Å². The summed E-state index contributed by atoms with van der Waals surface area (Å²) in [4.78, 5) is 14.6. The first-order chi connectivity index (χ1) is 21.0. The van der Waals surface area contributed by atoms with E-state index in [0.717, 1.165) is 85.7 Å². The van der Waals surface area contributed by atoms with Crippen molar-refractivity contribution in [3.63, 3.8) is 0 Å². The number of sulfonamides is 1. The van der Waals surface area contributed by atoms with Gasteiger partial charge in [-0.3, -0.25) is 14.0 Å². The molecule has 0 bridgehead atoms. The Hall–Kier alpha value is -3.75. The van der Waals surface area contributed by atoms with E-state index in [9.17, 15) is 26.4 Å². The molecule has 3 unspecified atom stereocenters. The molecule has 1 amide bonds. The zero-order valence-electron chi connectivity index (χ0n) is 23.9. The van der Waals surface area contributed by atoms with Crippen LogP contribution in [0.4, 0.5) is 13.2 Å². The SMILES string of the molecule is NC(c1ccc2c(c1)CC(n1cc(CC3C(=O)NC=CN3S(=O)(=O)c3cccc(C(F)(F)F)c3)nn1)CC2)N1CCCCC1. The minimum atomic E-state index is -4.72. The number of nitrogens with two attached hydrogens (primary N) is 1. The Kier molecular flexibility index (Phi) is 8.24. The van der Waals surface area contributed by atoms with Crippen molar-refractivity contribution in [3.8, 4) is 0 Å². The van der Waals surface area contributed by atoms with Crippen molar-refractivity contribution >= 4 is 15.9 Å². The second kappa shape index (κ2) is 12.0. The number of alkyl halides is 3. The molecule has 1 aromatic heterocycles. The molecule has 3 N–H and O–H groups in total. The number of carbonyl (C=O) groups excluding carboxylic acids is 1. The number of likely N-dealkylation sites (tertiary alicyclic amines) is 1. The van der Waals surface area contributed by atoms with Crippen LogP contribution in [0.5, 0.6) is 0 Å². The molecule has 3 aromatic rings. The van der Waals surface area contributed by atoms with Crippen LogP contribution in [0.2, 0.25) is 0 Å². The number of rotatable bonds is 7. The van der Waals surface area contributed by atoms with Crippen LogP contribution in [0.3, 0.4) is 0 Å². The Balaban J connectivity index is 1.18. The van der Waals surface area contributed by atoms with Crippen LogP contribution in [0.1, 0.15) is 65.8 Å². The van der Waals surface area contributed by atoms with Crippen LogP contribution in [-0.4, -0.2) is 57.7 Å². The molecule has 44 heavy (non-hydrogen) atoms. The predicted octanol–water partition coefficient (Wildman–Crippen LogP) is 3.67. The van der Waals surface area contributed by atoms with Crippen molar-refractivity contribution in [3.05, 3.63) is 89.0 Å². The van der Waals surface area contributed by atoms with Gasteiger partial charge in [-0.25, -0.2) is 13.1 Å². The summed E-state index contributed by atoms with van der Waals surface area (Å²) < 4.78 is 69.2. The van der Waals surface area contributed by atoms with Crippen LogP contribution < -0.4 is 11.1 Å². The molecule has 0 radical (unpaired) electrons. The highest BCUT2D eigenvalue weighted by molar-refractivity contribution is 7.89. The fourth-order valence-electron chi connectivity index (χ4n) is 6.25.